The van der Waals surface area contributed by atoms with E-state index in [0.29, 0.717) is 22.6 Å². The zero-order valence-electron chi connectivity index (χ0n) is 18.3. The molecule has 0 unspecified atom stereocenters. The fourth-order valence-corrected chi connectivity index (χ4v) is 4.26. The van der Waals surface area contributed by atoms with Gasteiger partial charge in [0.05, 0.1) is 12.4 Å². The van der Waals surface area contributed by atoms with Gasteiger partial charge in [0.25, 0.3) is 0 Å². The molecule has 33 heavy (non-hydrogen) atoms. The van der Waals surface area contributed by atoms with Crippen molar-refractivity contribution in [2.45, 2.75) is 19.0 Å². The number of rotatable bonds is 8. The van der Waals surface area contributed by atoms with Gasteiger partial charge in [-0.25, -0.2) is 0 Å². The molecule has 0 bridgehead atoms. The highest BCUT2D eigenvalue weighted by Crippen LogP contribution is 2.30. The van der Waals surface area contributed by atoms with Crippen LogP contribution in [0.2, 0.25) is 5.02 Å². The zero-order valence-corrected chi connectivity index (χ0v) is 19.9. The largest absolute Gasteiger partial charge is 0.494 e. The fourth-order valence-electron chi connectivity index (χ4n) is 3.32. The normalized spacial score (nSPS) is 10.8. The Bertz CT molecular complexity index is 1260. The van der Waals surface area contributed by atoms with Gasteiger partial charge in [0.1, 0.15) is 5.75 Å². The number of benzene rings is 3. The molecule has 1 aromatic heterocycles. The quantitative estimate of drug-likeness (QED) is 0.313. The smallest absolute Gasteiger partial charge is 0.234 e. The van der Waals surface area contributed by atoms with Crippen LogP contribution < -0.4 is 10.1 Å². The van der Waals surface area contributed by atoms with E-state index in [-0.39, 0.29) is 11.7 Å². The maximum absolute atomic E-state index is 12.6. The summed E-state index contributed by atoms with van der Waals surface area (Å²) >= 11 is 7.53. The van der Waals surface area contributed by atoms with E-state index in [1.165, 1.54) is 11.8 Å². The third-order valence-corrected chi connectivity index (χ3v) is 5.92. The van der Waals surface area contributed by atoms with Crippen LogP contribution in [0.4, 0.5) is 5.69 Å². The number of nitrogens with one attached hydrogen (secondary N) is 1. The van der Waals surface area contributed by atoms with E-state index in [1.54, 1.807) is 0 Å². The molecule has 1 N–H and O–H groups in total. The Morgan fingerprint density at radius 3 is 2.58 bits per heavy atom. The van der Waals surface area contributed by atoms with Crippen LogP contribution >= 0.6 is 23.4 Å². The second-order valence-electron chi connectivity index (χ2n) is 7.29. The van der Waals surface area contributed by atoms with E-state index < -0.39 is 0 Å². The summed E-state index contributed by atoms with van der Waals surface area (Å²) in [5.41, 5.74) is 3.55. The van der Waals surface area contributed by atoms with Crippen molar-refractivity contribution in [3.8, 4) is 22.8 Å². The number of halogens is 1. The van der Waals surface area contributed by atoms with Crippen LogP contribution in [0.1, 0.15) is 12.5 Å². The average molecular weight is 479 g/mol. The van der Waals surface area contributed by atoms with Crippen molar-refractivity contribution in [3.05, 3.63) is 83.4 Å². The van der Waals surface area contributed by atoms with Crippen molar-refractivity contribution < 1.29 is 9.53 Å². The third-order valence-electron chi connectivity index (χ3n) is 4.76. The number of hydrogen-bond acceptors (Lipinski definition) is 5. The van der Waals surface area contributed by atoms with Gasteiger partial charge in [-0.2, -0.15) is 0 Å². The molecule has 0 saturated heterocycles. The first-order valence-corrected chi connectivity index (χ1v) is 11.8. The first-order valence-electron chi connectivity index (χ1n) is 10.5. The molecule has 168 valence electrons. The van der Waals surface area contributed by atoms with Crippen molar-refractivity contribution >= 4 is 35.0 Å². The average Bonchev–Trinajstić information content (AvgIpc) is 3.22. The number of aryl methyl sites for hydroxylation is 1. The Kier molecular flexibility index (Phi) is 7.32. The zero-order chi connectivity index (χ0) is 23.2. The number of hydrogen-bond donors (Lipinski definition) is 1. The van der Waals surface area contributed by atoms with Crippen LogP contribution in [0.5, 0.6) is 5.75 Å². The van der Waals surface area contributed by atoms with Gasteiger partial charge in [0, 0.05) is 22.0 Å². The topological polar surface area (TPSA) is 69.0 Å². The summed E-state index contributed by atoms with van der Waals surface area (Å²) in [4.78, 5) is 12.6. The van der Waals surface area contributed by atoms with Gasteiger partial charge in [0.2, 0.25) is 5.91 Å². The third kappa shape index (κ3) is 5.74. The number of amides is 1. The van der Waals surface area contributed by atoms with E-state index in [9.17, 15) is 4.79 Å². The van der Waals surface area contributed by atoms with Crippen LogP contribution in [-0.4, -0.2) is 33.0 Å². The number of aromatic nitrogens is 3. The van der Waals surface area contributed by atoms with E-state index in [2.05, 4.69) is 15.5 Å². The lowest BCUT2D eigenvalue weighted by atomic mass is 10.2. The van der Waals surface area contributed by atoms with Crippen LogP contribution in [0.25, 0.3) is 17.1 Å². The number of thioether (sulfide) groups is 1. The van der Waals surface area contributed by atoms with Crippen LogP contribution in [0.15, 0.2) is 78.0 Å². The maximum Gasteiger partial charge on any atom is 0.234 e. The Hall–Kier alpha value is -3.29. The molecule has 6 nitrogen and oxygen atoms in total. The predicted molar refractivity (Wildman–Crippen MR) is 134 cm³/mol. The number of ether oxygens (including phenoxy) is 1. The standard InChI is InChI=1S/C25H23ClN4O2S/c1-3-32-22-12-10-21(11-13-22)30-24(18-7-5-8-19(26)15-18)28-29-25(30)33-16-23(31)27-20-9-4-6-17(2)14-20/h4-15H,3,16H2,1-2H3,(H,27,31). The lowest BCUT2D eigenvalue weighted by Gasteiger charge is -2.12. The molecule has 4 rings (SSSR count). The molecule has 0 aliphatic heterocycles. The number of carbonyl (C=O) groups excluding carboxylic acids is 1. The highest BCUT2D eigenvalue weighted by Gasteiger charge is 2.18. The molecule has 8 heteroatoms. The second kappa shape index (κ2) is 10.6. The number of carbonyl (C=O) groups is 1. The van der Waals surface area contributed by atoms with E-state index in [0.717, 1.165) is 28.3 Å². The van der Waals surface area contributed by atoms with Gasteiger partial charge in [-0.05, 0) is 67.9 Å². The summed E-state index contributed by atoms with van der Waals surface area (Å²) in [5, 5.41) is 12.9. The van der Waals surface area contributed by atoms with Crippen LogP contribution in [0, 0.1) is 6.92 Å². The van der Waals surface area contributed by atoms with Gasteiger partial charge in [-0.15, -0.1) is 10.2 Å². The molecular formula is C25H23ClN4O2S. The first-order chi connectivity index (χ1) is 16.0. The van der Waals surface area contributed by atoms with Crippen molar-refractivity contribution in [3.63, 3.8) is 0 Å². The Morgan fingerprint density at radius 1 is 1.06 bits per heavy atom. The molecule has 0 aliphatic rings. The van der Waals surface area contributed by atoms with Gasteiger partial charge in [-0.1, -0.05) is 47.6 Å². The summed E-state index contributed by atoms with van der Waals surface area (Å²) in [5.74, 6) is 1.50. The maximum atomic E-state index is 12.6. The fraction of sp³-hybridized carbons (Fsp3) is 0.160. The molecule has 0 saturated carbocycles. The lowest BCUT2D eigenvalue weighted by Crippen LogP contribution is -2.14. The molecule has 0 aliphatic carbocycles. The lowest BCUT2D eigenvalue weighted by molar-refractivity contribution is -0.113. The highest BCUT2D eigenvalue weighted by atomic mass is 35.5. The predicted octanol–water partition coefficient (Wildman–Crippen LogP) is 6.03. The minimum absolute atomic E-state index is 0.115. The van der Waals surface area contributed by atoms with Crippen molar-refractivity contribution in [1.82, 2.24) is 14.8 Å². The molecule has 0 fully saturated rings. The van der Waals surface area contributed by atoms with Crippen LogP contribution in [-0.2, 0) is 4.79 Å². The molecule has 1 heterocycles. The summed E-state index contributed by atoms with van der Waals surface area (Å²) < 4.78 is 7.49. The van der Waals surface area contributed by atoms with Crippen LogP contribution in [0.3, 0.4) is 0 Å². The van der Waals surface area contributed by atoms with Crippen molar-refractivity contribution in [1.29, 1.82) is 0 Å². The van der Waals surface area contributed by atoms with Gasteiger partial charge >= 0.3 is 0 Å². The minimum Gasteiger partial charge on any atom is -0.494 e. The molecule has 1 amide bonds. The van der Waals surface area contributed by atoms with E-state index in [4.69, 9.17) is 16.3 Å². The number of nitrogens with zero attached hydrogens (tertiary/aromatic N) is 3. The Balaban J connectivity index is 1.61. The Morgan fingerprint density at radius 2 is 1.85 bits per heavy atom. The highest BCUT2D eigenvalue weighted by molar-refractivity contribution is 7.99. The van der Waals surface area contributed by atoms with Gasteiger partial charge in [-0.3, -0.25) is 9.36 Å². The SMILES string of the molecule is CCOc1ccc(-n2c(SCC(=O)Nc3cccc(C)c3)nnc2-c2cccc(Cl)c2)cc1. The van der Waals surface area contributed by atoms with Gasteiger partial charge < -0.3 is 10.1 Å². The molecule has 3 aromatic carbocycles. The summed E-state index contributed by atoms with van der Waals surface area (Å²) in [7, 11) is 0. The molecule has 0 spiro atoms. The van der Waals surface area contributed by atoms with E-state index in [1.807, 2.05) is 91.2 Å². The summed E-state index contributed by atoms with van der Waals surface area (Å²) in [6.07, 6.45) is 0. The molecule has 0 atom stereocenters. The van der Waals surface area contributed by atoms with Crippen molar-refractivity contribution in [2.75, 3.05) is 17.7 Å². The molecular weight excluding hydrogens is 456 g/mol. The minimum atomic E-state index is -0.115. The Labute approximate surface area is 202 Å². The molecule has 0 radical (unpaired) electrons. The first kappa shape index (κ1) is 22.9. The van der Waals surface area contributed by atoms with Gasteiger partial charge in [0.15, 0.2) is 11.0 Å². The number of anilines is 1. The van der Waals surface area contributed by atoms with Crippen molar-refractivity contribution in [2.24, 2.45) is 0 Å². The molecule has 4 aromatic rings. The second-order valence-corrected chi connectivity index (χ2v) is 8.66. The van der Waals surface area contributed by atoms with E-state index >= 15 is 0 Å². The summed E-state index contributed by atoms with van der Waals surface area (Å²) in [6.45, 7) is 4.53. The summed E-state index contributed by atoms with van der Waals surface area (Å²) in [6, 6.07) is 22.9. The monoisotopic (exact) mass is 478 g/mol.